The van der Waals surface area contributed by atoms with Crippen molar-refractivity contribution in [1.82, 2.24) is 10.2 Å². The highest BCUT2D eigenvalue weighted by Crippen LogP contribution is 2.25. The summed E-state index contributed by atoms with van der Waals surface area (Å²) in [5.74, 6) is 1.02. The minimum absolute atomic E-state index is 0.214. The van der Waals surface area contributed by atoms with Crippen molar-refractivity contribution in [3.05, 3.63) is 29.8 Å². The van der Waals surface area contributed by atoms with Crippen LogP contribution in [0.5, 0.6) is 5.75 Å². The number of nitrogen functional groups attached to an aromatic ring is 1. The van der Waals surface area contributed by atoms with Crippen LogP contribution in [0.4, 0.5) is 5.82 Å². The van der Waals surface area contributed by atoms with Gasteiger partial charge in [-0.3, -0.25) is 9.89 Å². The quantitative estimate of drug-likeness (QED) is 0.792. The summed E-state index contributed by atoms with van der Waals surface area (Å²) in [5.41, 5.74) is 7.45. The molecule has 3 N–H and O–H groups in total. The van der Waals surface area contributed by atoms with E-state index in [1.54, 1.807) is 0 Å². The zero-order valence-electron chi connectivity index (χ0n) is 10.1. The summed E-state index contributed by atoms with van der Waals surface area (Å²) in [6.07, 6.45) is 1.67. The van der Waals surface area contributed by atoms with Crippen LogP contribution in [0, 0.1) is 0 Å². The molecule has 1 heterocycles. The van der Waals surface area contributed by atoms with E-state index in [0.717, 1.165) is 17.7 Å². The number of hydrogen-bond donors (Lipinski definition) is 2. The van der Waals surface area contributed by atoms with E-state index in [1.807, 2.05) is 24.3 Å². The molecule has 0 fully saturated rings. The first-order valence-electron chi connectivity index (χ1n) is 5.78. The fourth-order valence-electron chi connectivity index (χ4n) is 1.64. The molecule has 0 amide bonds. The van der Waals surface area contributed by atoms with E-state index in [2.05, 4.69) is 17.1 Å². The predicted molar refractivity (Wildman–Crippen MR) is 69.6 cm³/mol. The third kappa shape index (κ3) is 2.34. The van der Waals surface area contributed by atoms with Gasteiger partial charge in [0, 0.05) is 5.56 Å². The van der Waals surface area contributed by atoms with Gasteiger partial charge in [0.2, 0.25) is 0 Å². The molecule has 18 heavy (non-hydrogen) atoms. The van der Waals surface area contributed by atoms with Crippen LogP contribution in [0.2, 0.25) is 0 Å². The van der Waals surface area contributed by atoms with Gasteiger partial charge in [-0.15, -0.1) is 0 Å². The van der Waals surface area contributed by atoms with Gasteiger partial charge in [-0.1, -0.05) is 6.92 Å². The molecule has 5 nitrogen and oxygen atoms in total. The standard InChI is InChI=1S/C13H15N3O2/c1-2-7-18-10-5-3-9(4-6-10)12-11(8-17)13(14)16-15-12/h3-6,8H,2,7H2,1H3,(H3,14,15,16). The molecular formula is C13H15N3O2. The average molecular weight is 245 g/mol. The van der Waals surface area contributed by atoms with Crippen LogP contribution in [0.25, 0.3) is 11.3 Å². The van der Waals surface area contributed by atoms with Gasteiger partial charge in [0.15, 0.2) is 12.1 Å². The zero-order chi connectivity index (χ0) is 13.0. The van der Waals surface area contributed by atoms with Gasteiger partial charge >= 0.3 is 0 Å². The molecule has 0 saturated carbocycles. The number of hydrogen-bond acceptors (Lipinski definition) is 4. The summed E-state index contributed by atoms with van der Waals surface area (Å²) in [4.78, 5) is 10.9. The maximum absolute atomic E-state index is 10.9. The Morgan fingerprint density at radius 2 is 2.11 bits per heavy atom. The first kappa shape index (κ1) is 12.2. The number of aldehydes is 1. The van der Waals surface area contributed by atoms with Crippen LogP contribution < -0.4 is 10.5 Å². The van der Waals surface area contributed by atoms with E-state index < -0.39 is 0 Å². The van der Waals surface area contributed by atoms with Crippen molar-refractivity contribution >= 4 is 12.1 Å². The van der Waals surface area contributed by atoms with Gasteiger partial charge in [-0.2, -0.15) is 5.10 Å². The maximum atomic E-state index is 10.9. The molecule has 0 bridgehead atoms. The van der Waals surface area contributed by atoms with Crippen LogP contribution in [0.3, 0.4) is 0 Å². The van der Waals surface area contributed by atoms with Crippen molar-refractivity contribution in [3.63, 3.8) is 0 Å². The molecule has 0 aliphatic heterocycles. The zero-order valence-corrected chi connectivity index (χ0v) is 10.1. The fourth-order valence-corrected chi connectivity index (χ4v) is 1.64. The number of carbonyl (C=O) groups is 1. The molecule has 2 aromatic rings. The van der Waals surface area contributed by atoms with Gasteiger partial charge in [-0.25, -0.2) is 0 Å². The normalized spacial score (nSPS) is 10.3. The second kappa shape index (κ2) is 5.35. The second-order valence-electron chi connectivity index (χ2n) is 3.89. The summed E-state index contributed by atoms with van der Waals surface area (Å²) in [6.45, 7) is 2.74. The third-order valence-electron chi connectivity index (χ3n) is 2.57. The van der Waals surface area contributed by atoms with Crippen molar-refractivity contribution < 1.29 is 9.53 Å². The number of H-pyrrole nitrogens is 1. The Balaban J connectivity index is 2.26. The predicted octanol–water partition coefficient (Wildman–Crippen LogP) is 2.26. The summed E-state index contributed by atoms with van der Waals surface area (Å²) in [5, 5.41) is 6.58. The van der Waals surface area contributed by atoms with Gasteiger partial charge in [0.1, 0.15) is 5.75 Å². The van der Waals surface area contributed by atoms with Crippen LogP contribution in [-0.4, -0.2) is 23.1 Å². The maximum Gasteiger partial charge on any atom is 0.156 e. The number of nitrogens with zero attached hydrogens (tertiary/aromatic N) is 1. The molecule has 5 heteroatoms. The molecule has 94 valence electrons. The Kier molecular flexibility index (Phi) is 3.62. The fraction of sp³-hybridized carbons (Fsp3) is 0.231. The van der Waals surface area contributed by atoms with Gasteiger partial charge in [0.25, 0.3) is 0 Å². The highest BCUT2D eigenvalue weighted by molar-refractivity contribution is 5.91. The molecule has 0 aliphatic carbocycles. The van der Waals surface area contributed by atoms with Crippen LogP contribution in [0.1, 0.15) is 23.7 Å². The van der Waals surface area contributed by atoms with Crippen LogP contribution >= 0.6 is 0 Å². The number of benzene rings is 1. The number of aromatic amines is 1. The van der Waals surface area contributed by atoms with E-state index in [1.165, 1.54) is 0 Å². The van der Waals surface area contributed by atoms with Crippen molar-refractivity contribution in [1.29, 1.82) is 0 Å². The Hall–Kier alpha value is -2.30. The first-order chi connectivity index (χ1) is 8.76. The molecule has 0 saturated heterocycles. The lowest BCUT2D eigenvalue weighted by Gasteiger charge is -2.05. The molecule has 2 rings (SSSR count). The summed E-state index contributed by atoms with van der Waals surface area (Å²) in [7, 11) is 0. The Bertz CT molecular complexity index is 532. The molecule has 0 atom stereocenters. The largest absolute Gasteiger partial charge is 0.494 e. The molecular weight excluding hydrogens is 230 g/mol. The number of aromatic nitrogens is 2. The lowest BCUT2D eigenvalue weighted by Crippen LogP contribution is -1.94. The van der Waals surface area contributed by atoms with Crippen LogP contribution in [-0.2, 0) is 0 Å². The minimum atomic E-state index is 0.214. The van der Waals surface area contributed by atoms with Crippen molar-refractivity contribution in [3.8, 4) is 17.0 Å². The number of nitrogens with two attached hydrogens (primary N) is 1. The van der Waals surface area contributed by atoms with E-state index in [-0.39, 0.29) is 5.82 Å². The smallest absolute Gasteiger partial charge is 0.156 e. The molecule has 0 unspecified atom stereocenters. The van der Waals surface area contributed by atoms with Gasteiger partial charge < -0.3 is 10.5 Å². The van der Waals surface area contributed by atoms with Crippen molar-refractivity contribution in [2.45, 2.75) is 13.3 Å². The molecule has 1 aromatic carbocycles. The lowest BCUT2D eigenvalue weighted by molar-refractivity contribution is 0.112. The van der Waals surface area contributed by atoms with E-state index >= 15 is 0 Å². The summed E-state index contributed by atoms with van der Waals surface area (Å²) < 4.78 is 5.49. The highest BCUT2D eigenvalue weighted by Gasteiger charge is 2.11. The Morgan fingerprint density at radius 3 is 2.72 bits per heavy atom. The number of ether oxygens (including phenoxy) is 1. The molecule has 0 spiro atoms. The molecule has 1 aromatic heterocycles. The average Bonchev–Trinajstić information content (AvgIpc) is 2.78. The number of nitrogens with one attached hydrogen (secondary N) is 1. The molecule has 0 radical (unpaired) electrons. The van der Waals surface area contributed by atoms with Gasteiger partial charge in [-0.05, 0) is 30.7 Å². The van der Waals surface area contributed by atoms with E-state index in [0.29, 0.717) is 24.2 Å². The number of anilines is 1. The summed E-state index contributed by atoms with van der Waals surface area (Å²) >= 11 is 0. The Labute approximate surface area is 105 Å². The topological polar surface area (TPSA) is 81.0 Å². The minimum Gasteiger partial charge on any atom is -0.494 e. The number of rotatable bonds is 5. The Morgan fingerprint density at radius 1 is 1.39 bits per heavy atom. The lowest BCUT2D eigenvalue weighted by atomic mass is 10.1. The second-order valence-corrected chi connectivity index (χ2v) is 3.89. The monoisotopic (exact) mass is 245 g/mol. The summed E-state index contributed by atoms with van der Waals surface area (Å²) in [6, 6.07) is 7.45. The van der Waals surface area contributed by atoms with E-state index in [9.17, 15) is 4.79 Å². The van der Waals surface area contributed by atoms with Gasteiger partial charge in [0.05, 0.1) is 17.9 Å². The third-order valence-corrected chi connectivity index (χ3v) is 2.57. The van der Waals surface area contributed by atoms with Crippen molar-refractivity contribution in [2.24, 2.45) is 0 Å². The SMILES string of the molecule is CCCOc1ccc(-c2[nH]nc(N)c2C=O)cc1. The molecule has 0 aliphatic rings. The van der Waals surface area contributed by atoms with E-state index in [4.69, 9.17) is 10.5 Å². The first-order valence-corrected chi connectivity index (χ1v) is 5.78. The van der Waals surface area contributed by atoms with Crippen LogP contribution in [0.15, 0.2) is 24.3 Å². The number of carbonyl (C=O) groups excluding carboxylic acids is 1. The van der Waals surface area contributed by atoms with Crippen molar-refractivity contribution in [2.75, 3.05) is 12.3 Å². The highest BCUT2D eigenvalue weighted by atomic mass is 16.5.